The molecule has 0 unspecified atom stereocenters. The third-order valence-electron chi connectivity index (χ3n) is 4.55. The molecule has 2 aliphatic carbocycles. The number of carbonyl (C=O) groups excluding carboxylic acids is 1. The number of carbonyl (C=O) groups is 1. The van der Waals surface area contributed by atoms with Crippen LogP contribution < -0.4 is 0 Å². The number of aliphatic hydroxyl groups is 1. The number of Topliss-reactive ketones (excluding diaryl/α,β-unsaturated/α-hetero) is 1. The molecule has 2 aliphatic rings. The number of hydrogen-bond donors (Lipinski definition) is 1. The molecule has 2 saturated carbocycles. The Morgan fingerprint density at radius 1 is 1.29 bits per heavy atom. The Balaban J connectivity index is 2.28. The Morgan fingerprint density at radius 3 is 2.59 bits per heavy atom. The number of aliphatic hydroxyl groups excluding tert-OH is 1. The number of rotatable bonds is 2. The first-order chi connectivity index (χ1) is 7.84. The van der Waals surface area contributed by atoms with Crippen molar-refractivity contribution in [2.75, 3.05) is 0 Å². The summed E-state index contributed by atoms with van der Waals surface area (Å²) < 4.78 is 0. The summed E-state index contributed by atoms with van der Waals surface area (Å²) in [4.78, 5) is 12.2. The molecule has 3 heteroatoms. The van der Waals surface area contributed by atoms with Gasteiger partial charge in [0.05, 0.1) is 6.10 Å². The zero-order valence-corrected chi connectivity index (χ0v) is 12.5. The first-order valence-corrected chi connectivity index (χ1v) is 10.8. The molecule has 2 fully saturated rings. The van der Waals surface area contributed by atoms with Gasteiger partial charge in [-0.3, -0.25) is 4.79 Å². The number of ketones is 1. The number of hydrogen-bond acceptors (Lipinski definition) is 2. The molecule has 0 aromatic carbocycles. The largest absolute Gasteiger partial charge is 0.392 e. The van der Waals surface area contributed by atoms with E-state index in [-0.39, 0.29) is 17.4 Å². The average Bonchev–Trinajstić information content (AvgIpc) is 2.14. The third-order valence-corrected chi connectivity index (χ3v) is 6.31. The van der Waals surface area contributed by atoms with Crippen molar-refractivity contribution in [3.05, 3.63) is 0 Å². The lowest BCUT2D eigenvalue weighted by molar-refractivity contribution is -0.140. The van der Waals surface area contributed by atoms with Gasteiger partial charge < -0.3 is 5.11 Å². The normalized spacial score (nSPS) is 38.9. The van der Waals surface area contributed by atoms with Gasteiger partial charge in [-0.1, -0.05) is 32.1 Å². The van der Waals surface area contributed by atoms with E-state index in [2.05, 4.69) is 19.6 Å². The highest BCUT2D eigenvalue weighted by molar-refractivity contribution is 6.76. The SMILES string of the molecule is C[Si](C)(C)C[C@]12CCCC(=O)[C@H]1[C@H](O)CCC2. The molecule has 98 valence electrons. The Hall–Kier alpha value is -0.153. The molecule has 0 aliphatic heterocycles. The molecule has 0 heterocycles. The van der Waals surface area contributed by atoms with Gasteiger partial charge in [0.15, 0.2) is 0 Å². The van der Waals surface area contributed by atoms with Gasteiger partial charge in [0.25, 0.3) is 0 Å². The summed E-state index contributed by atoms with van der Waals surface area (Å²) in [5.74, 6) is 0.318. The van der Waals surface area contributed by atoms with Gasteiger partial charge in [-0.25, -0.2) is 0 Å². The van der Waals surface area contributed by atoms with E-state index in [4.69, 9.17) is 0 Å². The quantitative estimate of drug-likeness (QED) is 0.768. The van der Waals surface area contributed by atoms with E-state index in [9.17, 15) is 9.90 Å². The van der Waals surface area contributed by atoms with Gasteiger partial charge in [-0.05, 0) is 31.1 Å². The van der Waals surface area contributed by atoms with E-state index in [1.807, 2.05) is 0 Å². The highest BCUT2D eigenvalue weighted by Gasteiger charge is 2.51. The molecule has 17 heavy (non-hydrogen) atoms. The topological polar surface area (TPSA) is 37.3 Å². The molecule has 0 bridgehead atoms. The minimum Gasteiger partial charge on any atom is -0.392 e. The fourth-order valence-electron chi connectivity index (χ4n) is 4.34. The zero-order chi connectivity index (χ0) is 12.7. The van der Waals surface area contributed by atoms with Crippen LogP contribution >= 0.6 is 0 Å². The van der Waals surface area contributed by atoms with Crippen LogP contribution in [0.2, 0.25) is 25.7 Å². The third kappa shape index (κ3) is 2.65. The standard InChI is InChI=1S/C14H26O2Si/c1-17(2,3)10-14-8-4-6-11(15)13(14)12(16)7-5-9-14/h11,13,15H,4-10H2,1-3H3/t11-,13-,14+/m1/s1. The van der Waals surface area contributed by atoms with E-state index < -0.39 is 8.07 Å². The number of fused-ring (bicyclic) bond motifs is 1. The summed E-state index contributed by atoms with van der Waals surface area (Å²) in [7, 11) is -1.18. The minimum absolute atomic E-state index is 0.0308. The Kier molecular flexibility index (Phi) is 3.52. The van der Waals surface area contributed by atoms with Crippen molar-refractivity contribution in [3.63, 3.8) is 0 Å². The summed E-state index contributed by atoms with van der Waals surface area (Å²) in [5.41, 5.74) is 0.164. The molecule has 0 spiro atoms. The Morgan fingerprint density at radius 2 is 1.94 bits per heavy atom. The molecular formula is C14H26O2Si. The van der Waals surface area contributed by atoms with Crippen LogP contribution in [0.5, 0.6) is 0 Å². The summed E-state index contributed by atoms with van der Waals surface area (Å²) in [6.45, 7) is 7.16. The van der Waals surface area contributed by atoms with Crippen LogP contribution in [0.4, 0.5) is 0 Å². The lowest BCUT2D eigenvalue weighted by Crippen LogP contribution is -2.51. The molecule has 0 amide bonds. The van der Waals surface area contributed by atoms with Gasteiger partial charge in [0.1, 0.15) is 5.78 Å². The van der Waals surface area contributed by atoms with Crippen LogP contribution in [0.1, 0.15) is 38.5 Å². The fraction of sp³-hybridized carbons (Fsp3) is 0.929. The predicted molar refractivity (Wildman–Crippen MR) is 72.8 cm³/mol. The average molecular weight is 254 g/mol. The second-order valence-electron chi connectivity index (χ2n) is 7.36. The van der Waals surface area contributed by atoms with Crippen molar-refractivity contribution in [3.8, 4) is 0 Å². The van der Waals surface area contributed by atoms with Gasteiger partial charge in [-0.2, -0.15) is 0 Å². The van der Waals surface area contributed by atoms with Crippen LogP contribution in [0.3, 0.4) is 0 Å². The van der Waals surface area contributed by atoms with E-state index in [0.29, 0.717) is 12.2 Å². The summed E-state index contributed by atoms with van der Waals surface area (Å²) in [5, 5.41) is 10.2. The Bertz CT molecular complexity index is 304. The van der Waals surface area contributed by atoms with Crippen molar-refractivity contribution in [2.24, 2.45) is 11.3 Å². The minimum atomic E-state index is -1.18. The molecule has 1 N–H and O–H groups in total. The van der Waals surface area contributed by atoms with Gasteiger partial charge in [-0.15, -0.1) is 0 Å². The maximum atomic E-state index is 12.2. The van der Waals surface area contributed by atoms with Crippen molar-refractivity contribution in [1.82, 2.24) is 0 Å². The highest BCUT2D eigenvalue weighted by atomic mass is 28.3. The van der Waals surface area contributed by atoms with Gasteiger partial charge >= 0.3 is 0 Å². The predicted octanol–water partition coefficient (Wildman–Crippen LogP) is 3.23. The maximum Gasteiger partial charge on any atom is 0.139 e. The Labute approximate surface area is 106 Å². The van der Waals surface area contributed by atoms with E-state index in [1.54, 1.807) is 0 Å². The second kappa shape index (κ2) is 4.50. The smallest absolute Gasteiger partial charge is 0.139 e. The molecule has 2 nitrogen and oxygen atoms in total. The molecule has 2 rings (SSSR count). The van der Waals surface area contributed by atoms with Gasteiger partial charge in [0, 0.05) is 20.4 Å². The van der Waals surface area contributed by atoms with E-state index in [0.717, 1.165) is 19.3 Å². The van der Waals surface area contributed by atoms with Crippen molar-refractivity contribution >= 4 is 13.9 Å². The van der Waals surface area contributed by atoms with Crippen LogP contribution in [-0.4, -0.2) is 25.1 Å². The first-order valence-electron chi connectivity index (χ1n) is 7.05. The molecule has 0 radical (unpaired) electrons. The summed E-state index contributed by atoms with van der Waals surface area (Å²) >= 11 is 0. The van der Waals surface area contributed by atoms with E-state index >= 15 is 0 Å². The maximum absolute atomic E-state index is 12.2. The zero-order valence-electron chi connectivity index (χ0n) is 11.5. The fourth-order valence-corrected chi connectivity index (χ4v) is 7.03. The van der Waals surface area contributed by atoms with Crippen LogP contribution in [0.15, 0.2) is 0 Å². The van der Waals surface area contributed by atoms with Crippen molar-refractivity contribution < 1.29 is 9.90 Å². The summed E-state index contributed by atoms with van der Waals surface area (Å²) in [6.07, 6.45) is 5.68. The first kappa shape index (κ1) is 13.3. The molecule has 0 aromatic rings. The van der Waals surface area contributed by atoms with Crippen molar-refractivity contribution in [2.45, 2.75) is 70.3 Å². The molecule has 0 aromatic heterocycles. The molecule has 0 saturated heterocycles. The highest BCUT2D eigenvalue weighted by Crippen LogP contribution is 2.53. The second-order valence-corrected chi connectivity index (χ2v) is 12.8. The van der Waals surface area contributed by atoms with E-state index in [1.165, 1.54) is 18.9 Å². The lowest BCUT2D eigenvalue weighted by atomic mass is 9.59. The summed E-state index contributed by atoms with van der Waals surface area (Å²) in [6, 6.07) is 1.22. The molecular weight excluding hydrogens is 228 g/mol. The lowest BCUT2D eigenvalue weighted by Gasteiger charge is -2.51. The van der Waals surface area contributed by atoms with Crippen LogP contribution in [-0.2, 0) is 4.79 Å². The van der Waals surface area contributed by atoms with Gasteiger partial charge in [0.2, 0.25) is 0 Å². The molecule has 3 atom stereocenters. The monoisotopic (exact) mass is 254 g/mol. The van der Waals surface area contributed by atoms with Crippen LogP contribution in [0, 0.1) is 11.3 Å². The van der Waals surface area contributed by atoms with Crippen molar-refractivity contribution in [1.29, 1.82) is 0 Å². The van der Waals surface area contributed by atoms with Crippen LogP contribution in [0.25, 0.3) is 0 Å².